The minimum absolute atomic E-state index is 0.381. The van der Waals surface area contributed by atoms with Crippen LogP contribution in [-0.4, -0.2) is 34.2 Å². The number of carbonyl (C=O) groups excluding carboxylic acids is 2. The van der Waals surface area contributed by atoms with Crippen molar-refractivity contribution in [1.82, 2.24) is 0 Å². The van der Waals surface area contributed by atoms with E-state index >= 15 is 0 Å². The van der Waals surface area contributed by atoms with Crippen molar-refractivity contribution < 1.29 is 19.8 Å². The molecular formula is C10H10N2O4. The number of aliphatic hydroxyl groups is 2. The third-order valence-electron chi connectivity index (χ3n) is 2.28. The molecule has 1 aromatic carbocycles. The molecule has 16 heavy (non-hydrogen) atoms. The molecule has 2 atom stereocenters. The van der Waals surface area contributed by atoms with Gasteiger partial charge in [-0.05, 0) is 12.1 Å². The minimum atomic E-state index is -1.77. The Morgan fingerprint density at radius 1 is 0.875 bits per heavy atom. The number of nitrogens with one attached hydrogen (secondary N) is 2. The van der Waals surface area contributed by atoms with Crippen LogP contribution in [0.2, 0.25) is 0 Å². The molecule has 0 spiro atoms. The molecule has 0 aromatic heterocycles. The Kier molecular flexibility index (Phi) is 2.59. The monoisotopic (exact) mass is 222 g/mol. The molecule has 0 aliphatic carbocycles. The van der Waals surface area contributed by atoms with Crippen LogP contribution in [0.25, 0.3) is 0 Å². The van der Waals surface area contributed by atoms with Crippen molar-refractivity contribution in [1.29, 1.82) is 0 Å². The number of para-hydroxylation sites is 2. The van der Waals surface area contributed by atoms with Gasteiger partial charge in [0, 0.05) is 0 Å². The van der Waals surface area contributed by atoms with Crippen LogP contribution in [0.4, 0.5) is 11.4 Å². The van der Waals surface area contributed by atoms with E-state index in [1.54, 1.807) is 24.3 Å². The van der Waals surface area contributed by atoms with Crippen molar-refractivity contribution in [2.24, 2.45) is 0 Å². The lowest BCUT2D eigenvalue weighted by Gasteiger charge is -2.22. The Morgan fingerprint density at radius 2 is 1.25 bits per heavy atom. The molecule has 84 valence electrons. The Labute approximate surface area is 90.9 Å². The number of carbonyl (C=O) groups is 2. The molecule has 2 rings (SSSR count). The first kappa shape index (κ1) is 10.6. The number of aliphatic hydroxyl groups excluding tert-OH is 2. The maximum Gasteiger partial charge on any atom is 0.256 e. The van der Waals surface area contributed by atoms with E-state index in [2.05, 4.69) is 10.6 Å². The normalized spacial score (nSPS) is 24.9. The summed E-state index contributed by atoms with van der Waals surface area (Å²) < 4.78 is 0. The van der Waals surface area contributed by atoms with E-state index in [1.807, 2.05) is 0 Å². The summed E-state index contributed by atoms with van der Waals surface area (Å²) in [5.74, 6) is -1.62. The van der Waals surface area contributed by atoms with Crippen molar-refractivity contribution in [2.45, 2.75) is 12.2 Å². The molecule has 6 nitrogen and oxygen atoms in total. The third-order valence-corrected chi connectivity index (χ3v) is 2.28. The van der Waals surface area contributed by atoms with Crippen molar-refractivity contribution >= 4 is 23.2 Å². The molecule has 0 fully saturated rings. The number of fused-ring (bicyclic) bond motifs is 1. The van der Waals surface area contributed by atoms with Gasteiger partial charge < -0.3 is 20.8 Å². The van der Waals surface area contributed by atoms with E-state index in [-0.39, 0.29) is 0 Å². The number of amides is 2. The minimum Gasteiger partial charge on any atom is -0.380 e. The first-order chi connectivity index (χ1) is 7.59. The van der Waals surface area contributed by atoms with Gasteiger partial charge in [-0.2, -0.15) is 0 Å². The smallest absolute Gasteiger partial charge is 0.256 e. The first-order valence-electron chi connectivity index (χ1n) is 4.66. The summed E-state index contributed by atoms with van der Waals surface area (Å²) in [5.41, 5.74) is 0.763. The summed E-state index contributed by atoms with van der Waals surface area (Å²) in [6.07, 6.45) is -3.54. The fraction of sp³-hybridized carbons (Fsp3) is 0.200. The van der Waals surface area contributed by atoms with Gasteiger partial charge >= 0.3 is 0 Å². The Morgan fingerprint density at radius 3 is 1.62 bits per heavy atom. The molecule has 2 unspecified atom stereocenters. The number of benzene rings is 1. The average molecular weight is 222 g/mol. The fourth-order valence-electron chi connectivity index (χ4n) is 1.40. The zero-order valence-corrected chi connectivity index (χ0v) is 8.18. The standard InChI is InChI=1S/C10H10N2O4/c13-7-8(14)10(16)12-6-4-2-1-3-5(6)11-9(7)15/h1-4,7-8,13-14H,(H,11,15)(H,12,16). The van der Waals surface area contributed by atoms with Gasteiger partial charge in [-0.15, -0.1) is 0 Å². The highest BCUT2D eigenvalue weighted by molar-refractivity contribution is 6.07. The van der Waals surface area contributed by atoms with Crippen LogP contribution >= 0.6 is 0 Å². The first-order valence-corrected chi connectivity index (χ1v) is 4.66. The number of hydrogen-bond donors (Lipinski definition) is 4. The molecule has 1 aliphatic heterocycles. The highest BCUT2D eigenvalue weighted by Crippen LogP contribution is 2.23. The Hall–Kier alpha value is -1.92. The molecule has 0 bridgehead atoms. The van der Waals surface area contributed by atoms with Gasteiger partial charge in [-0.25, -0.2) is 0 Å². The number of rotatable bonds is 0. The lowest BCUT2D eigenvalue weighted by atomic mass is 10.1. The quantitative estimate of drug-likeness (QED) is 0.466. The SMILES string of the molecule is O=C1Nc2ccccc2NC(=O)C(O)C1O. The summed E-state index contributed by atoms with van der Waals surface area (Å²) in [5, 5.41) is 23.4. The second-order valence-electron chi connectivity index (χ2n) is 3.41. The molecule has 1 heterocycles. The molecule has 2 amide bonds. The maximum absolute atomic E-state index is 11.4. The molecule has 0 saturated heterocycles. The maximum atomic E-state index is 11.4. The zero-order valence-electron chi connectivity index (χ0n) is 8.18. The second kappa shape index (κ2) is 3.92. The van der Waals surface area contributed by atoms with Crippen molar-refractivity contribution in [3.63, 3.8) is 0 Å². The van der Waals surface area contributed by atoms with Gasteiger partial charge in [0.05, 0.1) is 11.4 Å². The van der Waals surface area contributed by atoms with Gasteiger partial charge in [0.15, 0.2) is 12.2 Å². The fourth-order valence-corrected chi connectivity index (χ4v) is 1.40. The van der Waals surface area contributed by atoms with Crippen molar-refractivity contribution in [2.75, 3.05) is 10.6 Å². The molecule has 1 aromatic rings. The molecule has 0 radical (unpaired) electrons. The third kappa shape index (κ3) is 1.75. The topological polar surface area (TPSA) is 98.7 Å². The molecule has 0 saturated carbocycles. The number of anilines is 2. The van der Waals surface area contributed by atoms with E-state index in [9.17, 15) is 19.8 Å². The second-order valence-corrected chi connectivity index (χ2v) is 3.41. The Bertz CT molecular complexity index is 405. The summed E-state index contributed by atoms with van der Waals surface area (Å²) in [6, 6.07) is 6.52. The lowest BCUT2D eigenvalue weighted by molar-refractivity contribution is -0.140. The zero-order chi connectivity index (χ0) is 11.7. The van der Waals surface area contributed by atoms with Gasteiger partial charge in [-0.3, -0.25) is 9.59 Å². The highest BCUT2D eigenvalue weighted by Gasteiger charge is 2.32. The van der Waals surface area contributed by atoms with E-state index in [0.29, 0.717) is 11.4 Å². The summed E-state index contributed by atoms with van der Waals surface area (Å²) >= 11 is 0. The van der Waals surface area contributed by atoms with E-state index in [4.69, 9.17) is 0 Å². The average Bonchev–Trinajstić information content (AvgIpc) is 2.28. The molecule has 4 N–H and O–H groups in total. The summed E-state index contributed by atoms with van der Waals surface area (Å²) in [7, 11) is 0. The molecule has 1 aliphatic rings. The van der Waals surface area contributed by atoms with Crippen molar-refractivity contribution in [3.05, 3.63) is 24.3 Å². The highest BCUT2D eigenvalue weighted by atomic mass is 16.3. The van der Waals surface area contributed by atoms with E-state index in [0.717, 1.165) is 0 Å². The summed E-state index contributed by atoms with van der Waals surface area (Å²) in [6.45, 7) is 0. The van der Waals surface area contributed by atoms with Crippen LogP contribution in [-0.2, 0) is 9.59 Å². The van der Waals surface area contributed by atoms with Crippen LogP contribution in [0.15, 0.2) is 24.3 Å². The predicted octanol–water partition coefficient (Wildman–Crippen LogP) is -0.701. The van der Waals surface area contributed by atoms with Gasteiger partial charge in [0.1, 0.15) is 0 Å². The lowest BCUT2D eigenvalue weighted by Crippen LogP contribution is -2.46. The van der Waals surface area contributed by atoms with E-state index < -0.39 is 24.0 Å². The van der Waals surface area contributed by atoms with E-state index in [1.165, 1.54) is 0 Å². The summed E-state index contributed by atoms with van der Waals surface area (Å²) in [4.78, 5) is 22.8. The predicted molar refractivity (Wildman–Crippen MR) is 55.7 cm³/mol. The van der Waals surface area contributed by atoms with Crippen molar-refractivity contribution in [3.8, 4) is 0 Å². The van der Waals surface area contributed by atoms with Crippen LogP contribution in [0, 0.1) is 0 Å². The molecule has 6 heteroatoms. The van der Waals surface area contributed by atoms with Crippen LogP contribution in [0.5, 0.6) is 0 Å². The van der Waals surface area contributed by atoms with Crippen LogP contribution in [0.1, 0.15) is 0 Å². The number of hydrogen-bond acceptors (Lipinski definition) is 4. The Balaban J connectivity index is 2.42. The van der Waals surface area contributed by atoms with Crippen LogP contribution in [0.3, 0.4) is 0 Å². The van der Waals surface area contributed by atoms with Gasteiger partial charge in [0.25, 0.3) is 11.8 Å². The van der Waals surface area contributed by atoms with Gasteiger partial charge in [0.2, 0.25) is 0 Å². The largest absolute Gasteiger partial charge is 0.380 e. The van der Waals surface area contributed by atoms with Crippen LogP contribution < -0.4 is 10.6 Å². The van der Waals surface area contributed by atoms with Gasteiger partial charge in [-0.1, -0.05) is 12.1 Å². The molecular weight excluding hydrogens is 212 g/mol.